The van der Waals surface area contributed by atoms with Crippen LogP contribution in [0.15, 0.2) is 18.2 Å². The Kier molecular flexibility index (Phi) is 5.73. The van der Waals surface area contributed by atoms with Gasteiger partial charge in [-0.15, -0.1) is 0 Å². The summed E-state index contributed by atoms with van der Waals surface area (Å²) in [5.74, 6) is -0.192. The number of anilines is 1. The predicted molar refractivity (Wildman–Crippen MR) is 112 cm³/mol. The number of urea groups is 1. The van der Waals surface area contributed by atoms with E-state index in [0.717, 1.165) is 50.5 Å². The normalized spacial score (nSPS) is 29.6. The van der Waals surface area contributed by atoms with Crippen LogP contribution in [0, 0.1) is 24.2 Å². The van der Waals surface area contributed by atoms with E-state index >= 15 is 0 Å². The van der Waals surface area contributed by atoms with Gasteiger partial charge >= 0.3 is 6.03 Å². The molecule has 7 heteroatoms. The second-order valence-corrected chi connectivity index (χ2v) is 8.96. The van der Waals surface area contributed by atoms with E-state index < -0.39 is 6.03 Å². The molecule has 1 atom stereocenters. The number of benzene rings is 1. The average molecular weight is 412 g/mol. The minimum Gasteiger partial charge on any atom is -0.316 e. The number of carbonyl (C=O) groups is 4. The molecular formula is C23H29N3O4. The van der Waals surface area contributed by atoms with Crippen LogP contribution in [0.25, 0.3) is 0 Å². The Hall–Kier alpha value is -2.54. The highest BCUT2D eigenvalue weighted by Gasteiger charge is 2.46. The van der Waals surface area contributed by atoms with E-state index in [-0.39, 0.29) is 35.4 Å². The second-order valence-electron chi connectivity index (χ2n) is 8.96. The van der Waals surface area contributed by atoms with Gasteiger partial charge in [-0.25, -0.2) is 4.79 Å². The number of hydrogen-bond acceptors (Lipinski definition) is 5. The molecular weight excluding hydrogens is 382 g/mol. The Morgan fingerprint density at radius 2 is 1.97 bits per heavy atom. The molecule has 3 fully saturated rings. The van der Waals surface area contributed by atoms with Gasteiger partial charge in [0.05, 0.1) is 0 Å². The standard InChI is InChI=1S/C23H29N3O4/c1-15-2-3-17(12-19(15)26-11-6-20(28)25-22(26)30)21(29)18-13-24-10-9-23(18)7-4-16(14-27)5-8-23/h2-3,12,14,16,18,24H,4-11,13H2,1H3,(H,25,28,30). The maximum absolute atomic E-state index is 13.6. The zero-order valence-corrected chi connectivity index (χ0v) is 17.4. The van der Waals surface area contributed by atoms with Crippen molar-refractivity contribution >= 4 is 29.7 Å². The van der Waals surface area contributed by atoms with E-state index in [0.29, 0.717) is 24.3 Å². The van der Waals surface area contributed by atoms with Crippen LogP contribution >= 0.6 is 0 Å². The monoisotopic (exact) mass is 411 g/mol. The molecule has 3 aliphatic rings. The van der Waals surface area contributed by atoms with Crippen molar-refractivity contribution in [3.05, 3.63) is 29.3 Å². The van der Waals surface area contributed by atoms with Crippen molar-refractivity contribution in [3.63, 3.8) is 0 Å². The number of piperidine rings is 1. The molecule has 1 aromatic carbocycles. The first-order chi connectivity index (χ1) is 14.4. The number of Topliss-reactive ketones (excluding diaryl/α,β-unsaturated/α-hetero) is 1. The van der Waals surface area contributed by atoms with Gasteiger partial charge in [-0.05, 0) is 62.6 Å². The van der Waals surface area contributed by atoms with Crippen molar-refractivity contribution in [1.29, 1.82) is 0 Å². The fraction of sp³-hybridized carbons (Fsp3) is 0.565. The summed E-state index contributed by atoms with van der Waals surface area (Å²) >= 11 is 0. The summed E-state index contributed by atoms with van der Waals surface area (Å²) in [7, 11) is 0. The van der Waals surface area contributed by atoms with Crippen LogP contribution in [-0.4, -0.2) is 43.6 Å². The Balaban J connectivity index is 1.60. The van der Waals surface area contributed by atoms with E-state index in [4.69, 9.17) is 0 Å². The Labute approximate surface area is 176 Å². The fourth-order valence-corrected chi connectivity index (χ4v) is 5.34. The molecule has 1 aliphatic carbocycles. The number of imide groups is 1. The van der Waals surface area contributed by atoms with Crippen molar-refractivity contribution < 1.29 is 19.2 Å². The summed E-state index contributed by atoms with van der Waals surface area (Å²) in [4.78, 5) is 50.2. The maximum atomic E-state index is 13.6. The minimum absolute atomic E-state index is 0.0538. The number of rotatable bonds is 4. The molecule has 1 spiro atoms. The van der Waals surface area contributed by atoms with Crippen LogP contribution in [0.5, 0.6) is 0 Å². The highest BCUT2D eigenvalue weighted by Crippen LogP contribution is 2.49. The fourth-order valence-electron chi connectivity index (χ4n) is 5.34. The largest absolute Gasteiger partial charge is 0.328 e. The number of nitrogens with one attached hydrogen (secondary N) is 2. The summed E-state index contributed by atoms with van der Waals surface area (Å²) in [6.07, 6.45) is 5.78. The quantitative estimate of drug-likeness (QED) is 0.587. The third-order valence-electron chi connectivity index (χ3n) is 7.26. The molecule has 30 heavy (non-hydrogen) atoms. The summed E-state index contributed by atoms with van der Waals surface area (Å²) < 4.78 is 0. The van der Waals surface area contributed by atoms with Crippen LogP contribution in [0.1, 0.15) is 54.4 Å². The first-order valence-electron chi connectivity index (χ1n) is 10.9. The summed E-state index contributed by atoms with van der Waals surface area (Å²) in [5.41, 5.74) is 2.11. The van der Waals surface area contributed by atoms with E-state index in [1.807, 2.05) is 19.1 Å². The molecule has 2 heterocycles. The van der Waals surface area contributed by atoms with Crippen molar-refractivity contribution in [2.24, 2.45) is 17.3 Å². The summed E-state index contributed by atoms with van der Waals surface area (Å²) in [6.45, 7) is 3.76. The van der Waals surface area contributed by atoms with Gasteiger partial charge in [0.1, 0.15) is 6.29 Å². The lowest BCUT2D eigenvalue weighted by Crippen LogP contribution is -2.50. The molecule has 2 aliphatic heterocycles. The molecule has 4 rings (SSSR count). The third kappa shape index (κ3) is 3.78. The van der Waals surface area contributed by atoms with Crippen LogP contribution in [0.3, 0.4) is 0 Å². The lowest BCUT2D eigenvalue weighted by atomic mass is 9.59. The Morgan fingerprint density at radius 3 is 2.67 bits per heavy atom. The highest BCUT2D eigenvalue weighted by molar-refractivity contribution is 6.07. The molecule has 1 aromatic rings. The van der Waals surface area contributed by atoms with Gasteiger partial charge in [0, 0.05) is 42.6 Å². The Morgan fingerprint density at radius 1 is 1.20 bits per heavy atom. The number of hydrogen-bond donors (Lipinski definition) is 2. The lowest BCUT2D eigenvalue weighted by molar-refractivity contribution is -0.120. The van der Waals surface area contributed by atoms with E-state index in [1.165, 1.54) is 4.90 Å². The van der Waals surface area contributed by atoms with Crippen LogP contribution in [0.4, 0.5) is 10.5 Å². The number of amides is 3. The zero-order valence-electron chi connectivity index (χ0n) is 17.4. The molecule has 0 bridgehead atoms. The van der Waals surface area contributed by atoms with Crippen LogP contribution in [-0.2, 0) is 9.59 Å². The van der Waals surface area contributed by atoms with Gasteiger partial charge in [0.15, 0.2) is 5.78 Å². The maximum Gasteiger partial charge on any atom is 0.328 e. The van der Waals surface area contributed by atoms with Gasteiger partial charge in [-0.3, -0.25) is 19.8 Å². The van der Waals surface area contributed by atoms with Crippen molar-refractivity contribution in [3.8, 4) is 0 Å². The molecule has 7 nitrogen and oxygen atoms in total. The molecule has 2 N–H and O–H groups in total. The van der Waals surface area contributed by atoms with Crippen molar-refractivity contribution in [2.75, 3.05) is 24.5 Å². The first kappa shape index (κ1) is 20.7. The van der Waals surface area contributed by atoms with Gasteiger partial charge in [-0.2, -0.15) is 0 Å². The second kappa shape index (κ2) is 8.30. The van der Waals surface area contributed by atoms with Crippen molar-refractivity contribution in [2.45, 2.75) is 45.4 Å². The number of nitrogens with zero attached hydrogens (tertiary/aromatic N) is 1. The zero-order chi connectivity index (χ0) is 21.3. The number of carbonyl (C=O) groups excluding carboxylic acids is 4. The molecule has 0 radical (unpaired) electrons. The van der Waals surface area contributed by atoms with E-state index in [9.17, 15) is 19.2 Å². The third-order valence-corrected chi connectivity index (χ3v) is 7.26. The number of aryl methyl sites for hydroxylation is 1. The van der Waals surface area contributed by atoms with Gasteiger partial charge in [-0.1, -0.05) is 12.1 Å². The number of ketones is 1. The van der Waals surface area contributed by atoms with Crippen molar-refractivity contribution in [1.82, 2.24) is 10.6 Å². The molecule has 0 aromatic heterocycles. The predicted octanol–water partition coefficient (Wildman–Crippen LogP) is 2.61. The average Bonchev–Trinajstić information content (AvgIpc) is 2.75. The Bertz CT molecular complexity index is 873. The van der Waals surface area contributed by atoms with Crippen LogP contribution < -0.4 is 15.5 Å². The first-order valence-corrected chi connectivity index (χ1v) is 10.9. The van der Waals surface area contributed by atoms with E-state index in [1.54, 1.807) is 6.07 Å². The lowest BCUT2D eigenvalue weighted by Gasteiger charge is -2.47. The molecule has 160 valence electrons. The van der Waals surface area contributed by atoms with Gasteiger partial charge in [0.25, 0.3) is 0 Å². The molecule has 2 saturated heterocycles. The SMILES string of the molecule is Cc1ccc(C(=O)C2CNCCC23CCC(C=O)CC3)cc1N1CCC(=O)NC1=O. The smallest absolute Gasteiger partial charge is 0.316 e. The summed E-state index contributed by atoms with van der Waals surface area (Å²) in [6, 6.07) is 5.07. The minimum atomic E-state index is -0.443. The number of aldehydes is 1. The van der Waals surface area contributed by atoms with E-state index in [2.05, 4.69) is 10.6 Å². The van der Waals surface area contributed by atoms with Crippen LogP contribution in [0.2, 0.25) is 0 Å². The molecule has 1 unspecified atom stereocenters. The topological polar surface area (TPSA) is 95.6 Å². The van der Waals surface area contributed by atoms with Gasteiger partial charge < -0.3 is 10.1 Å². The molecule has 1 saturated carbocycles. The highest BCUT2D eigenvalue weighted by atomic mass is 16.2. The summed E-state index contributed by atoms with van der Waals surface area (Å²) in [5, 5.41) is 5.73. The molecule has 3 amide bonds. The van der Waals surface area contributed by atoms with Gasteiger partial charge in [0.2, 0.25) is 5.91 Å².